The lowest BCUT2D eigenvalue weighted by Gasteiger charge is -2.05. The van der Waals surface area contributed by atoms with Gasteiger partial charge in [0.05, 0.1) is 0 Å². The number of hydrogen-bond donors (Lipinski definition) is 1. The first-order valence-electron chi connectivity index (χ1n) is 11.9. The van der Waals surface area contributed by atoms with Gasteiger partial charge in [0.1, 0.15) is 0 Å². The normalized spacial score (nSPS) is 10.7. The number of thiol groups is 1. The standard InChI is InChI=1S/C17H14S.C17H14/c1-12-2-3-16-11-15(5-4-14(16)10-12)13-6-8-17(18)9-7-13;1-13-7-8-17-12-16(10-9-15(17)11-13)14-5-3-2-4-6-14/h2-11,18H,1H3;2-12H,1H3. The van der Waals surface area contributed by atoms with Crippen LogP contribution in [0.4, 0.5) is 0 Å². The first kappa shape index (κ1) is 23.0. The summed E-state index contributed by atoms with van der Waals surface area (Å²) < 4.78 is 0. The summed E-state index contributed by atoms with van der Waals surface area (Å²) in [5.74, 6) is 0. The largest absolute Gasteiger partial charge is 0.143 e. The van der Waals surface area contributed by atoms with E-state index in [1.54, 1.807) is 0 Å². The maximum absolute atomic E-state index is 4.31. The quantitative estimate of drug-likeness (QED) is 0.240. The maximum Gasteiger partial charge on any atom is 0.00404 e. The Bertz CT molecular complexity index is 1600. The Morgan fingerprint density at radius 3 is 1.29 bits per heavy atom. The minimum atomic E-state index is 0.996. The third-order valence-corrected chi connectivity index (χ3v) is 6.60. The summed E-state index contributed by atoms with van der Waals surface area (Å²) >= 11 is 4.31. The molecular formula is C34H28S. The third kappa shape index (κ3) is 5.48. The van der Waals surface area contributed by atoms with Gasteiger partial charge in [-0.2, -0.15) is 0 Å². The van der Waals surface area contributed by atoms with Gasteiger partial charge in [0, 0.05) is 4.90 Å². The van der Waals surface area contributed by atoms with Gasteiger partial charge in [-0.05, 0) is 81.9 Å². The highest BCUT2D eigenvalue weighted by atomic mass is 32.1. The lowest BCUT2D eigenvalue weighted by molar-refractivity contribution is 1.47. The van der Waals surface area contributed by atoms with E-state index in [0.29, 0.717) is 0 Å². The van der Waals surface area contributed by atoms with Crippen molar-refractivity contribution in [3.63, 3.8) is 0 Å². The van der Waals surface area contributed by atoms with Crippen molar-refractivity contribution in [1.29, 1.82) is 0 Å². The van der Waals surface area contributed by atoms with Crippen LogP contribution < -0.4 is 0 Å². The van der Waals surface area contributed by atoms with E-state index in [2.05, 4.69) is 136 Å². The number of aryl methyl sites for hydroxylation is 2. The summed E-state index contributed by atoms with van der Waals surface area (Å²) in [6.07, 6.45) is 0. The lowest BCUT2D eigenvalue weighted by Crippen LogP contribution is -1.80. The zero-order valence-electron chi connectivity index (χ0n) is 20.1. The summed E-state index contributed by atoms with van der Waals surface area (Å²) in [6.45, 7) is 4.25. The predicted molar refractivity (Wildman–Crippen MR) is 155 cm³/mol. The minimum absolute atomic E-state index is 0.996. The first-order valence-corrected chi connectivity index (χ1v) is 12.4. The topological polar surface area (TPSA) is 0 Å². The zero-order valence-corrected chi connectivity index (χ0v) is 21.0. The molecule has 0 nitrogen and oxygen atoms in total. The van der Waals surface area contributed by atoms with E-state index >= 15 is 0 Å². The molecule has 0 bridgehead atoms. The zero-order chi connectivity index (χ0) is 24.2. The van der Waals surface area contributed by atoms with Gasteiger partial charge in [0.2, 0.25) is 0 Å². The molecule has 0 atom stereocenters. The van der Waals surface area contributed by atoms with Crippen LogP contribution in [0, 0.1) is 13.8 Å². The van der Waals surface area contributed by atoms with Gasteiger partial charge >= 0.3 is 0 Å². The van der Waals surface area contributed by atoms with Crippen LogP contribution in [0.3, 0.4) is 0 Å². The smallest absolute Gasteiger partial charge is 0.00404 e. The molecule has 0 aliphatic heterocycles. The maximum atomic E-state index is 4.31. The van der Waals surface area contributed by atoms with Crippen molar-refractivity contribution in [2.75, 3.05) is 0 Å². The predicted octanol–water partition coefficient (Wildman–Crippen LogP) is 9.92. The Labute approximate surface area is 213 Å². The average molecular weight is 469 g/mol. The van der Waals surface area contributed by atoms with Crippen molar-refractivity contribution in [2.24, 2.45) is 0 Å². The highest BCUT2D eigenvalue weighted by molar-refractivity contribution is 7.80. The van der Waals surface area contributed by atoms with Crippen molar-refractivity contribution < 1.29 is 0 Å². The van der Waals surface area contributed by atoms with Crippen LogP contribution in [-0.2, 0) is 0 Å². The van der Waals surface area contributed by atoms with Crippen LogP contribution in [0.15, 0.2) is 132 Å². The van der Waals surface area contributed by atoms with Crippen LogP contribution in [0.5, 0.6) is 0 Å². The van der Waals surface area contributed by atoms with Crippen LogP contribution in [0.25, 0.3) is 43.8 Å². The summed E-state index contributed by atoms with van der Waals surface area (Å²) in [5, 5.41) is 5.19. The van der Waals surface area contributed by atoms with E-state index in [1.807, 2.05) is 18.2 Å². The van der Waals surface area contributed by atoms with E-state index in [1.165, 1.54) is 54.9 Å². The fraction of sp³-hybridized carbons (Fsp3) is 0.0588. The molecule has 0 aliphatic carbocycles. The summed E-state index contributed by atoms with van der Waals surface area (Å²) in [5.41, 5.74) is 7.64. The average Bonchev–Trinajstić information content (AvgIpc) is 2.89. The number of fused-ring (bicyclic) bond motifs is 2. The van der Waals surface area contributed by atoms with Gasteiger partial charge in [-0.1, -0.05) is 114 Å². The van der Waals surface area contributed by atoms with Gasteiger partial charge in [0.15, 0.2) is 0 Å². The van der Waals surface area contributed by atoms with E-state index < -0.39 is 0 Å². The fourth-order valence-corrected chi connectivity index (χ4v) is 4.52. The molecule has 0 N–H and O–H groups in total. The number of hydrogen-bond acceptors (Lipinski definition) is 1. The highest BCUT2D eigenvalue weighted by Gasteiger charge is 2.01. The lowest BCUT2D eigenvalue weighted by atomic mass is 10.0. The van der Waals surface area contributed by atoms with Gasteiger partial charge in [0.25, 0.3) is 0 Å². The van der Waals surface area contributed by atoms with E-state index in [0.717, 1.165) is 4.90 Å². The highest BCUT2D eigenvalue weighted by Crippen LogP contribution is 2.26. The molecule has 0 spiro atoms. The molecule has 0 saturated heterocycles. The van der Waals surface area contributed by atoms with E-state index in [9.17, 15) is 0 Å². The van der Waals surface area contributed by atoms with Gasteiger partial charge in [-0.25, -0.2) is 0 Å². The Kier molecular flexibility index (Phi) is 6.70. The molecule has 0 aromatic heterocycles. The molecule has 1 heteroatoms. The van der Waals surface area contributed by atoms with Gasteiger partial charge < -0.3 is 0 Å². The second kappa shape index (κ2) is 10.2. The summed E-state index contributed by atoms with van der Waals surface area (Å²) in [4.78, 5) is 0.996. The molecule has 0 fully saturated rings. The molecule has 35 heavy (non-hydrogen) atoms. The van der Waals surface area contributed by atoms with Crippen LogP contribution in [0.2, 0.25) is 0 Å². The minimum Gasteiger partial charge on any atom is -0.143 e. The molecule has 6 aromatic rings. The Morgan fingerprint density at radius 1 is 0.371 bits per heavy atom. The molecule has 6 rings (SSSR count). The monoisotopic (exact) mass is 468 g/mol. The molecular weight excluding hydrogens is 440 g/mol. The first-order chi connectivity index (χ1) is 17.0. The second-order valence-electron chi connectivity index (χ2n) is 9.04. The van der Waals surface area contributed by atoms with Crippen molar-refractivity contribution >= 4 is 34.2 Å². The van der Waals surface area contributed by atoms with Gasteiger partial charge in [-0.3, -0.25) is 0 Å². The van der Waals surface area contributed by atoms with Crippen molar-refractivity contribution in [3.05, 3.63) is 139 Å². The number of rotatable bonds is 2. The van der Waals surface area contributed by atoms with Crippen LogP contribution >= 0.6 is 12.6 Å². The molecule has 0 saturated carbocycles. The molecule has 0 heterocycles. The molecule has 0 aliphatic rings. The second-order valence-corrected chi connectivity index (χ2v) is 9.56. The SMILES string of the molecule is Cc1ccc2cc(-c3ccc(S)cc3)ccc2c1.Cc1ccc2cc(-c3ccccc3)ccc2c1. The fourth-order valence-electron chi connectivity index (χ4n) is 4.37. The van der Waals surface area contributed by atoms with Crippen LogP contribution in [0.1, 0.15) is 11.1 Å². The van der Waals surface area contributed by atoms with Gasteiger partial charge in [-0.15, -0.1) is 12.6 Å². The van der Waals surface area contributed by atoms with Crippen molar-refractivity contribution in [2.45, 2.75) is 18.7 Å². The van der Waals surface area contributed by atoms with Crippen molar-refractivity contribution in [1.82, 2.24) is 0 Å². The third-order valence-electron chi connectivity index (χ3n) is 6.30. The van der Waals surface area contributed by atoms with E-state index in [4.69, 9.17) is 0 Å². The number of benzene rings is 6. The van der Waals surface area contributed by atoms with Crippen LogP contribution in [-0.4, -0.2) is 0 Å². The Balaban J connectivity index is 0.000000145. The molecule has 0 unspecified atom stereocenters. The summed E-state index contributed by atoms with van der Waals surface area (Å²) in [6, 6.07) is 45.2. The van der Waals surface area contributed by atoms with Crippen molar-refractivity contribution in [3.8, 4) is 22.3 Å². The summed E-state index contributed by atoms with van der Waals surface area (Å²) in [7, 11) is 0. The molecule has 170 valence electrons. The molecule has 0 amide bonds. The Hall–Kier alpha value is -3.81. The molecule has 0 radical (unpaired) electrons. The molecule has 6 aromatic carbocycles. The Morgan fingerprint density at radius 2 is 0.771 bits per heavy atom. The van der Waals surface area contributed by atoms with E-state index in [-0.39, 0.29) is 0 Å².